The number of aliphatic carboxylic acids is 1. The molecule has 3 N–H and O–H groups in total. The molecule has 0 radical (unpaired) electrons. The van der Waals surface area contributed by atoms with Crippen LogP contribution in [0.3, 0.4) is 0 Å². The topological polar surface area (TPSA) is 78.4 Å². The number of nitrogens with one attached hydrogen (secondary N) is 2. The van der Waals surface area contributed by atoms with Gasteiger partial charge in [0.15, 0.2) is 0 Å². The lowest BCUT2D eigenvalue weighted by Gasteiger charge is -2.40. The lowest BCUT2D eigenvalue weighted by atomic mass is 9.78. The molecule has 2 aliphatic rings. The summed E-state index contributed by atoms with van der Waals surface area (Å²) in [5.41, 5.74) is -1.02. The average molecular weight is 282 g/mol. The van der Waals surface area contributed by atoms with Crippen LogP contribution in [0.5, 0.6) is 0 Å². The van der Waals surface area contributed by atoms with Gasteiger partial charge in [-0.05, 0) is 38.6 Å². The Balaban J connectivity index is 2.10. The quantitative estimate of drug-likeness (QED) is 0.718. The van der Waals surface area contributed by atoms with Crippen LogP contribution >= 0.6 is 0 Å². The Morgan fingerprint density at radius 2 is 1.85 bits per heavy atom. The van der Waals surface area contributed by atoms with Crippen molar-refractivity contribution in [3.05, 3.63) is 0 Å². The standard InChI is InChI=1S/C15H26N2O3/c1-2-15(9-6-10-16-15)13(20)17-14(11-12(18)19)7-4-3-5-8-14/h16H,2-11H2,1H3,(H,17,20)(H,18,19). The molecule has 0 spiro atoms. The fourth-order valence-electron chi connectivity index (χ4n) is 3.69. The number of hydrogen-bond donors (Lipinski definition) is 3. The van der Waals surface area contributed by atoms with Crippen molar-refractivity contribution in [2.24, 2.45) is 0 Å². The van der Waals surface area contributed by atoms with Crippen molar-refractivity contribution in [1.29, 1.82) is 0 Å². The van der Waals surface area contributed by atoms with Crippen LogP contribution < -0.4 is 10.6 Å². The van der Waals surface area contributed by atoms with Gasteiger partial charge in [0.25, 0.3) is 0 Å². The van der Waals surface area contributed by atoms with Crippen LogP contribution in [0, 0.1) is 0 Å². The van der Waals surface area contributed by atoms with E-state index >= 15 is 0 Å². The normalized spacial score (nSPS) is 29.1. The third kappa shape index (κ3) is 3.14. The van der Waals surface area contributed by atoms with Gasteiger partial charge in [-0.2, -0.15) is 0 Å². The molecule has 0 aromatic carbocycles. The Labute approximate surface area is 120 Å². The number of amides is 1. The zero-order valence-corrected chi connectivity index (χ0v) is 12.3. The Morgan fingerprint density at radius 1 is 1.15 bits per heavy atom. The molecule has 2 rings (SSSR count). The number of carbonyl (C=O) groups is 2. The fraction of sp³-hybridized carbons (Fsp3) is 0.867. The van der Waals surface area contributed by atoms with Gasteiger partial charge in [-0.25, -0.2) is 0 Å². The van der Waals surface area contributed by atoms with Crippen LogP contribution in [0.4, 0.5) is 0 Å². The van der Waals surface area contributed by atoms with Gasteiger partial charge in [0.2, 0.25) is 5.91 Å². The second kappa shape index (κ2) is 6.12. The molecule has 1 atom stereocenters. The first-order valence-corrected chi connectivity index (χ1v) is 7.81. The minimum atomic E-state index is -0.822. The molecule has 2 fully saturated rings. The Hall–Kier alpha value is -1.10. The number of carboxylic acid groups (broad SMARTS) is 1. The van der Waals surface area contributed by atoms with Crippen LogP contribution in [-0.2, 0) is 9.59 Å². The Morgan fingerprint density at radius 3 is 2.35 bits per heavy atom. The highest BCUT2D eigenvalue weighted by Crippen LogP contribution is 2.33. The molecule has 0 bridgehead atoms. The summed E-state index contributed by atoms with van der Waals surface area (Å²) in [6, 6.07) is 0. The summed E-state index contributed by atoms with van der Waals surface area (Å²) in [6.45, 7) is 2.88. The molecule has 5 heteroatoms. The summed E-state index contributed by atoms with van der Waals surface area (Å²) in [5, 5.41) is 15.6. The molecule has 1 aliphatic carbocycles. The molecule has 0 aromatic rings. The van der Waals surface area contributed by atoms with Crippen LogP contribution in [0.15, 0.2) is 0 Å². The molecule has 5 nitrogen and oxygen atoms in total. The Kier molecular flexibility index (Phi) is 4.68. The van der Waals surface area contributed by atoms with E-state index in [0.717, 1.165) is 57.9 Å². The summed E-state index contributed by atoms with van der Waals surface area (Å²) in [7, 11) is 0. The highest BCUT2D eigenvalue weighted by Gasteiger charge is 2.44. The SMILES string of the molecule is CCC1(C(=O)NC2(CC(=O)O)CCCCC2)CCCN1. The molecule has 1 saturated carbocycles. The molecule has 1 heterocycles. The second-order valence-corrected chi connectivity index (χ2v) is 6.33. The minimum absolute atomic E-state index is 0.000602. The Bertz CT molecular complexity index is 369. The third-order valence-electron chi connectivity index (χ3n) is 4.96. The van der Waals surface area contributed by atoms with Crippen molar-refractivity contribution >= 4 is 11.9 Å². The molecule has 1 aliphatic heterocycles. The van der Waals surface area contributed by atoms with E-state index in [4.69, 9.17) is 5.11 Å². The molecule has 0 aromatic heterocycles. The zero-order valence-electron chi connectivity index (χ0n) is 12.3. The van der Waals surface area contributed by atoms with E-state index in [1.54, 1.807) is 0 Å². The molecule has 1 amide bonds. The van der Waals surface area contributed by atoms with E-state index in [0.29, 0.717) is 0 Å². The number of rotatable bonds is 5. The molecule has 114 valence electrons. The molecule has 20 heavy (non-hydrogen) atoms. The summed E-state index contributed by atoms with van der Waals surface area (Å²) in [4.78, 5) is 23.8. The summed E-state index contributed by atoms with van der Waals surface area (Å²) >= 11 is 0. The van der Waals surface area contributed by atoms with Crippen molar-refractivity contribution in [1.82, 2.24) is 10.6 Å². The number of carbonyl (C=O) groups excluding carboxylic acids is 1. The predicted molar refractivity (Wildman–Crippen MR) is 76.5 cm³/mol. The monoisotopic (exact) mass is 282 g/mol. The molecule has 1 unspecified atom stereocenters. The number of hydrogen-bond acceptors (Lipinski definition) is 3. The zero-order chi connectivity index (χ0) is 14.6. The van der Waals surface area contributed by atoms with Crippen LogP contribution in [0.25, 0.3) is 0 Å². The van der Waals surface area contributed by atoms with Crippen molar-refractivity contribution in [3.63, 3.8) is 0 Å². The maximum atomic E-state index is 12.7. The maximum absolute atomic E-state index is 12.7. The van der Waals surface area contributed by atoms with E-state index in [2.05, 4.69) is 10.6 Å². The predicted octanol–water partition coefficient (Wildman–Crippen LogP) is 1.81. The lowest BCUT2D eigenvalue weighted by molar-refractivity contribution is -0.140. The van der Waals surface area contributed by atoms with Gasteiger partial charge in [-0.1, -0.05) is 26.2 Å². The first-order valence-electron chi connectivity index (χ1n) is 7.81. The van der Waals surface area contributed by atoms with Gasteiger partial charge in [0, 0.05) is 0 Å². The van der Waals surface area contributed by atoms with E-state index in [9.17, 15) is 9.59 Å². The minimum Gasteiger partial charge on any atom is -0.481 e. The summed E-state index contributed by atoms with van der Waals surface area (Å²) < 4.78 is 0. The maximum Gasteiger partial charge on any atom is 0.305 e. The third-order valence-corrected chi connectivity index (χ3v) is 4.96. The largest absolute Gasteiger partial charge is 0.481 e. The van der Waals surface area contributed by atoms with Gasteiger partial charge in [-0.3, -0.25) is 9.59 Å². The molecular formula is C15H26N2O3. The van der Waals surface area contributed by atoms with Gasteiger partial charge in [0.1, 0.15) is 0 Å². The first kappa shape index (κ1) is 15.3. The van der Waals surface area contributed by atoms with E-state index < -0.39 is 17.0 Å². The first-order chi connectivity index (χ1) is 9.52. The smallest absolute Gasteiger partial charge is 0.305 e. The van der Waals surface area contributed by atoms with Crippen molar-refractivity contribution in [2.75, 3.05) is 6.54 Å². The van der Waals surface area contributed by atoms with Gasteiger partial charge < -0.3 is 15.7 Å². The van der Waals surface area contributed by atoms with Crippen molar-refractivity contribution in [3.8, 4) is 0 Å². The van der Waals surface area contributed by atoms with E-state index in [-0.39, 0.29) is 12.3 Å². The van der Waals surface area contributed by atoms with Crippen LogP contribution in [0.1, 0.15) is 64.7 Å². The van der Waals surface area contributed by atoms with E-state index in [1.165, 1.54) is 0 Å². The number of carboxylic acids is 1. The van der Waals surface area contributed by atoms with Gasteiger partial charge >= 0.3 is 5.97 Å². The summed E-state index contributed by atoms with van der Waals surface area (Å²) in [6.07, 6.45) is 7.34. The fourth-order valence-corrected chi connectivity index (χ4v) is 3.69. The molecule has 1 saturated heterocycles. The lowest BCUT2D eigenvalue weighted by Crippen LogP contribution is -2.60. The van der Waals surface area contributed by atoms with Crippen molar-refractivity contribution in [2.45, 2.75) is 75.8 Å². The van der Waals surface area contributed by atoms with Crippen LogP contribution in [-0.4, -0.2) is 34.6 Å². The van der Waals surface area contributed by atoms with Crippen molar-refractivity contribution < 1.29 is 14.7 Å². The van der Waals surface area contributed by atoms with E-state index in [1.807, 2.05) is 6.92 Å². The molecular weight excluding hydrogens is 256 g/mol. The summed E-state index contributed by atoms with van der Waals surface area (Å²) in [5.74, 6) is -0.822. The highest BCUT2D eigenvalue weighted by molar-refractivity contribution is 5.87. The van der Waals surface area contributed by atoms with Gasteiger partial charge in [-0.15, -0.1) is 0 Å². The highest BCUT2D eigenvalue weighted by atomic mass is 16.4. The van der Waals surface area contributed by atoms with Crippen LogP contribution in [0.2, 0.25) is 0 Å². The van der Waals surface area contributed by atoms with Gasteiger partial charge in [0.05, 0.1) is 17.5 Å². The second-order valence-electron chi connectivity index (χ2n) is 6.33. The average Bonchev–Trinajstić information content (AvgIpc) is 2.88.